The van der Waals surface area contributed by atoms with Crippen molar-refractivity contribution >= 4 is 17.7 Å². The Kier molecular flexibility index (Phi) is 4.10. The van der Waals surface area contributed by atoms with Crippen molar-refractivity contribution in [2.75, 3.05) is 6.26 Å². The molecule has 1 aromatic heterocycles. The van der Waals surface area contributed by atoms with E-state index < -0.39 is 0 Å². The summed E-state index contributed by atoms with van der Waals surface area (Å²) in [4.78, 5) is 12.0. The molecular weight excluding hydrogens is 234 g/mol. The molecule has 0 atom stereocenters. The number of thioether (sulfide) groups is 1. The highest BCUT2D eigenvalue weighted by molar-refractivity contribution is 7.99. The predicted octanol–water partition coefficient (Wildman–Crippen LogP) is 2.12. The SMILES string of the molecule is CSC1CCC(NC(=O)c2cn[nH]c2C)CC1. The zero-order valence-electron chi connectivity index (χ0n) is 10.3. The first-order valence-corrected chi connectivity index (χ1v) is 7.33. The average Bonchev–Trinajstić information content (AvgIpc) is 2.76. The lowest BCUT2D eigenvalue weighted by Crippen LogP contribution is -2.38. The van der Waals surface area contributed by atoms with Gasteiger partial charge in [0.2, 0.25) is 0 Å². The average molecular weight is 253 g/mol. The molecule has 0 bridgehead atoms. The van der Waals surface area contributed by atoms with Gasteiger partial charge in [-0.2, -0.15) is 16.9 Å². The van der Waals surface area contributed by atoms with Crippen molar-refractivity contribution in [1.82, 2.24) is 15.5 Å². The normalized spacial score (nSPS) is 24.6. The fourth-order valence-corrected chi connectivity index (χ4v) is 3.03. The molecule has 1 amide bonds. The van der Waals surface area contributed by atoms with Crippen LogP contribution in [-0.4, -0.2) is 33.7 Å². The number of carbonyl (C=O) groups excluding carboxylic acids is 1. The maximum atomic E-state index is 12.0. The Hall–Kier alpha value is -0.970. The predicted molar refractivity (Wildman–Crippen MR) is 70.3 cm³/mol. The third-order valence-corrected chi connectivity index (χ3v) is 4.56. The van der Waals surface area contributed by atoms with Gasteiger partial charge >= 0.3 is 0 Å². The molecule has 1 aliphatic carbocycles. The van der Waals surface area contributed by atoms with E-state index in [0.717, 1.165) is 23.8 Å². The summed E-state index contributed by atoms with van der Waals surface area (Å²) < 4.78 is 0. The van der Waals surface area contributed by atoms with Gasteiger partial charge in [0, 0.05) is 17.0 Å². The van der Waals surface area contributed by atoms with Crippen molar-refractivity contribution in [3.8, 4) is 0 Å². The van der Waals surface area contributed by atoms with E-state index in [4.69, 9.17) is 0 Å². The largest absolute Gasteiger partial charge is 0.349 e. The molecule has 0 radical (unpaired) electrons. The van der Waals surface area contributed by atoms with E-state index >= 15 is 0 Å². The highest BCUT2D eigenvalue weighted by atomic mass is 32.2. The lowest BCUT2D eigenvalue weighted by atomic mass is 9.95. The van der Waals surface area contributed by atoms with Crippen LogP contribution in [0.5, 0.6) is 0 Å². The van der Waals surface area contributed by atoms with Crippen molar-refractivity contribution < 1.29 is 4.79 Å². The first-order chi connectivity index (χ1) is 8.20. The number of carbonyl (C=O) groups is 1. The van der Waals surface area contributed by atoms with E-state index in [0.29, 0.717) is 11.6 Å². The fraction of sp³-hybridized carbons (Fsp3) is 0.667. The lowest BCUT2D eigenvalue weighted by molar-refractivity contribution is 0.0927. The molecule has 0 unspecified atom stereocenters. The van der Waals surface area contributed by atoms with E-state index in [9.17, 15) is 4.79 Å². The van der Waals surface area contributed by atoms with E-state index in [1.165, 1.54) is 12.8 Å². The van der Waals surface area contributed by atoms with Gasteiger partial charge in [0.15, 0.2) is 0 Å². The molecule has 1 aromatic rings. The summed E-state index contributed by atoms with van der Waals surface area (Å²) in [6.45, 7) is 1.87. The molecule has 0 aromatic carbocycles. The topological polar surface area (TPSA) is 57.8 Å². The number of rotatable bonds is 3. The van der Waals surface area contributed by atoms with Gasteiger partial charge in [0.05, 0.1) is 11.8 Å². The molecule has 2 N–H and O–H groups in total. The quantitative estimate of drug-likeness (QED) is 0.867. The number of nitrogens with one attached hydrogen (secondary N) is 2. The van der Waals surface area contributed by atoms with Crippen molar-refractivity contribution in [2.24, 2.45) is 0 Å². The molecule has 4 nitrogen and oxygen atoms in total. The minimum atomic E-state index is 0.00357. The molecule has 1 heterocycles. The summed E-state index contributed by atoms with van der Waals surface area (Å²) in [5, 5.41) is 10.5. The van der Waals surface area contributed by atoms with Crippen LogP contribution < -0.4 is 5.32 Å². The van der Waals surface area contributed by atoms with Gasteiger partial charge in [0.1, 0.15) is 0 Å². The number of aromatic nitrogens is 2. The van der Waals surface area contributed by atoms with Crippen LogP contribution in [0.2, 0.25) is 0 Å². The molecule has 17 heavy (non-hydrogen) atoms. The maximum Gasteiger partial charge on any atom is 0.254 e. The zero-order valence-corrected chi connectivity index (χ0v) is 11.1. The minimum Gasteiger partial charge on any atom is -0.349 e. The lowest BCUT2D eigenvalue weighted by Gasteiger charge is -2.27. The van der Waals surface area contributed by atoms with Crippen LogP contribution in [0.4, 0.5) is 0 Å². The van der Waals surface area contributed by atoms with Crippen LogP contribution in [0.25, 0.3) is 0 Å². The molecule has 0 spiro atoms. The van der Waals surface area contributed by atoms with Gasteiger partial charge in [-0.25, -0.2) is 0 Å². The summed E-state index contributed by atoms with van der Waals surface area (Å²) in [5.74, 6) is 0.00357. The van der Waals surface area contributed by atoms with Gasteiger partial charge in [0.25, 0.3) is 5.91 Å². The van der Waals surface area contributed by atoms with Gasteiger partial charge in [-0.1, -0.05) is 0 Å². The van der Waals surface area contributed by atoms with Crippen molar-refractivity contribution in [3.63, 3.8) is 0 Å². The Morgan fingerprint density at radius 2 is 2.18 bits per heavy atom. The third kappa shape index (κ3) is 3.03. The number of hydrogen-bond acceptors (Lipinski definition) is 3. The van der Waals surface area contributed by atoms with E-state index in [2.05, 4.69) is 21.8 Å². The summed E-state index contributed by atoms with van der Waals surface area (Å²) in [5.41, 5.74) is 1.50. The van der Waals surface area contributed by atoms with E-state index in [1.54, 1.807) is 6.20 Å². The van der Waals surface area contributed by atoms with Crippen LogP contribution in [0, 0.1) is 6.92 Å². The summed E-state index contributed by atoms with van der Waals surface area (Å²) in [6, 6.07) is 0.334. The number of aromatic amines is 1. The second kappa shape index (κ2) is 5.58. The van der Waals surface area contributed by atoms with E-state index in [1.807, 2.05) is 18.7 Å². The Labute approximate surface area is 106 Å². The zero-order chi connectivity index (χ0) is 12.3. The first-order valence-electron chi connectivity index (χ1n) is 6.04. The summed E-state index contributed by atoms with van der Waals surface area (Å²) >= 11 is 1.94. The monoisotopic (exact) mass is 253 g/mol. The maximum absolute atomic E-state index is 12.0. The summed E-state index contributed by atoms with van der Waals surface area (Å²) in [6.07, 6.45) is 8.35. The molecular formula is C12H19N3OS. The van der Waals surface area contributed by atoms with Crippen LogP contribution in [0.3, 0.4) is 0 Å². The van der Waals surface area contributed by atoms with Crippen molar-refractivity contribution in [3.05, 3.63) is 17.5 Å². The van der Waals surface area contributed by atoms with Crippen LogP contribution in [0.15, 0.2) is 6.20 Å². The summed E-state index contributed by atoms with van der Waals surface area (Å²) in [7, 11) is 0. The van der Waals surface area contributed by atoms with Crippen LogP contribution >= 0.6 is 11.8 Å². The Balaban J connectivity index is 1.86. The third-order valence-electron chi connectivity index (χ3n) is 3.42. The van der Waals surface area contributed by atoms with Crippen LogP contribution in [0.1, 0.15) is 41.7 Å². The second-order valence-corrected chi connectivity index (χ2v) is 5.73. The highest BCUT2D eigenvalue weighted by Gasteiger charge is 2.22. The second-order valence-electron chi connectivity index (χ2n) is 4.59. The fourth-order valence-electron chi connectivity index (χ4n) is 2.29. The van der Waals surface area contributed by atoms with Gasteiger partial charge in [-0.3, -0.25) is 9.89 Å². The Morgan fingerprint density at radius 1 is 1.47 bits per heavy atom. The van der Waals surface area contributed by atoms with Gasteiger partial charge in [-0.15, -0.1) is 0 Å². The number of aryl methyl sites for hydroxylation is 1. The Morgan fingerprint density at radius 3 is 2.71 bits per heavy atom. The number of amides is 1. The molecule has 94 valence electrons. The molecule has 2 rings (SSSR count). The molecule has 1 saturated carbocycles. The molecule has 1 fully saturated rings. The standard InChI is InChI=1S/C12H19N3OS/c1-8-11(7-13-15-8)12(16)14-9-3-5-10(17-2)6-4-9/h7,9-10H,3-6H2,1-2H3,(H,13,15)(H,14,16). The van der Waals surface area contributed by atoms with Crippen molar-refractivity contribution in [2.45, 2.75) is 43.9 Å². The highest BCUT2D eigenvalue weighted by Crippen LogP contribution is 2.26. The van der Waals surface area contributed by atoms with Gasteiger partial charge < -0.3 is 5.32 Å². The Bertz CT molecular complexity index is 383. The van der Waals surface area contributed by atoms with Crippen molar-refractivity contribution in [1.29, 1.82) is 0 Å². The minimum absolute atomic E-state index is 0.00357. The number of hydrogen-bond donors (Lipinski definition) is 2. The smallest absolute Gasteiger partial charge is 0.254 e. The van der Waals surface area contributed by atoms with Gasteiger partial charge in [-0.05, 0) is 38.9 Å². The molecule has 0 aliphatic heterocycles. The number of nitrogens with zero attached hydrogens (tertiary/aromatic N) is 1. The molecule has 1 aliphatic rings. The van der Waals surface area contributed by atoms with E-state index in [-0.39, 0.29) is 5.91 Å². The van der Waals surface area contributed by atoms with Crippen LogP contribution in [-0.2, 0) is 0 Å². The molecule has 0 saturated heterocycles. The first kappa shape index (κ1) is 12.5. The number of H-pyrrole nitrogens is 1. The molecule has 5 heteroatoms.